The van der Waals surface area contributed by atoms with Crippen LogP contribution in [0.1, 0.15) is 85.7 Å². The molecule has 0 aromatic heterocycles. The van der Waals surface area contributed by atoms with E-state index in [0.29, 0.717) is 6.92 Å². The van der Waals surface area contributed by atoms with E-state index < -0.39 is 123 Å². The van der Waals surface area contributed by atoms with Crippen LogP contribution in [0.25, 0.3) is 0 Å². The van der Waals surface area contributed by atoms with E-state index in [0.717, 1.165) is 0 Å². The van der Waals surface area contributed by atoms with Crippen LogP contribution in [0, 0.1) is 11.8 Å². The predicted octanol–water partition coefficient (Wildman–Crippen LogP) is 3.63. The SMILES string of the molecule is [2H]c1c(OC([2H])([2H])[2H])c(OC([2H])([2H])[2H])c([2H])c2c1C([2H])([2H])C([2H])([2H])N1C([2H])([2H])C([2H])(C([2H])([2H])C([2H])(C([2H])([2H])[2H])C([2H])([2H])C)C(=O)C([2H])([2H])C21[2H]. The topological polar surface area (TPSA) is 38.8 Å². The Morgan fingerprint density at radius 1 is 1.54 bits per heavy atom. The number of Topliss-reactive ketones (excluding diaryl/α,β-unsaturated/α-hetero) is 1. The highest BCUT2D eigenvalue weighted by Gasteiger charge is 2.38. The van der Waals surface area contributed by atoms with Gasteiger partial charge >= 0.3 is 0 Å². The molecule has 1 saturated heterocycles. The number of methoxy groups -OCH3 is 2. The molecule has 1 aromatic carbocycles. The first-order valence-electron chi connectivity index (χ1n) is 19.4. The summed E-state index contributed by atoms with van der Waals surface area (Å²) in [4.78, 5) is 13.3. The van der Waals surface area contributed by atoms with E-state index in [-0.39, 0.29) is 0 Å². The zero-order chi connectivity index (χ0) is 40.0. The summed E-state index contributed by atoms with van der Waals surface area (Å²) in [5, 5.41) is 0. The smallest absolute Gasteiger partial charge is 0.161 e. The first-order chi connectivity index (χ1) is 21.5. The van der Waals surface area contributed by atoms with Crippen molar-refractivity contribution in [2.45, 2.75) is 45.3 Å². The van der Waals surface area contributed by atoms with Crippen LogP contribution in [0.2, 0.25) is 0 Å². The number of hydrogen-bond donors (Lipinski definition) is 0. The number of hydrogen-bond acceptors (Lipinski definition) is 4. The number of benzene rings is 1. The lowest BCUT2D eigenvalue weighted by atomic mass is 9.79. The van der Waals surface area contributed by atoms with Crippen LogP contribution in [0.3, 0.4) is 0 Å². The summed E-state index contributed by atoms with van der Waals surface area (Å²) in [7, 11) is -7.29. The van der Waals surface area contributed by atoms with Gasteiger partial charge in [-0.15, -0.1) is 0 Å². The van der Waals surface area contributed by atoms with Crippen LogP contribution in [-0.2, 0) is 11.2 Å². The van der Waals surface area contributed by atoms with E-state index in [4.69, 9.17) is 34.3 Å². The maximum absolute atomic E-state index is 14.2. The number of fused-ring (bicyclic) bond motifs is 3. The van der Waals surface area contributed by atoms with Crippen molar-refractivity contribution in [1.82, 2.24) is 4.90 Å². The lowest BCUT2D eigenvalue weighted by Crippen LogP contribution is -2.46. The normalized spacial score (nSPS) is 59.5. The van der Waals surface area contributed by atoms with Crippen LogP contribution in [-0.4, -0.2) is 37.8 Å². The Morgan fingerprint density at radius 3 is 3.04 bits per heavy atom. The number of ether oxygens (including phenoxy) is 2. The summed E-state index contributed by atoms with van der Waals surface area (Å²) in [6.07, 6.45) is -17.0. The van der Waals surface area contributed by atoms with Gasteiger partial charge in [0.25, 0.3) is 0 Å². The van der Waals surface area contributed by atoms with Gasteiger partial charge in [-0.1, -0.05) is 20.1 Å². The molecule has 0 saturated carbocycles. The molecule has 3 rings (SSSR count). The summed E-state index contributed by atoms with van der Waals surface area (Å²) in [5.41, 5.74) is -3.38. The summed E-state index contributed by atoms with van der Waals surface area (Å²) in [6.45, 7) is -13.0. The molecule has 0 N–H and O–H groups in total. The summed E-state index contributed by atoms with van der Waals surface area (Å²) < 4.78 is 225. The predicted molar refractivity (Wildman–Crippen MR) is 94.8 cm³/mol. The van der Waals surface area contributed by atoms with Crippen LogP contribution < -0.4 is 9.47 Å². The van der Waals surface area contributed by atoms with Gasteiger partial charge in [-0.3, -0.25) is 9.69 Å². The summed E-state index contributed by atoms with van der Waals surface area (Å²) >= 11 is 0. The van der Waals surface area contributed by atoms with E-state index in [1.54, 1.807) is 0 Å². The monoisotopic (exact) mass is 357 g/mol. The third-order valence-corrected chi connectivity index (χ3v) is 3.07. The molecule has 2 heterocycles. The standard InChI is InChI=1S/C20H29NO3/c1-5-13(2)8-15-12-21-7-6-14-9-19(23-3)20(24-4)10-16(14)17(21)11-18(15)22/h9-10,13,15,17H,5-8,11-12H2,1-4H3/i2D3,3D3,4D3,5D2,6D2,7D2,8D2,9D,10D,11D2,12D2,13D,15D,17D. The largest absolute Gasteiger partial charge is 0.493 e. The minimum Gasteiger partial charge on any atom is -0.493 e. The number of ketones is 1. The van der Waals surface area contributed by atoms with Crippen molar-refractivity contribution in [2.24, 2.45) is 11.8 Å². The second kappa shape index (κ2) is 7.14. The highest BCUT2D eigenvalue weighted by molar-refractivity contribution is 5.83. The van der Waals surface area contributed by atoms with E-state index in [1.165, 1.54) is 0 Å². The van der Waals surface area contributed by atoms with Gasteiger partial charge in [-0.2, -0.15) is 0 Å². The number of nitrogens with zero attached hydrogens (tertiary/aromatic N) is 1. The number of piperidine rings is 1. The lowest BCUT2D eigenvalue weighted by Gasteiger charge is -2.43. The second-order valence-corrected chi connectivity index (χ2v) is 4.47. The Bertz CT molecular complexity index is 1570. The third kappa shape index (κ3) is 3.16. The van der Waals surface area contributed by atoms with Crippen molar-refractivity contribution in [2.75, 3.05) is 27.1 Å². The highest BCUT2D eigenvalue weighted by atomic mass is 16.5. The molecule has 4 heteroatoms. The van der Waals surface area contributed by atoms with Gasteiger partial charge in [-0.05, 0) is 41.9 Å². The van der Waals surface area contributed by atoms with E-state index in [2.05, 4.69) is 9.47 Å². The molecule has 2 aliphatic heterocycles. The number of rotatable bonds is 5. The van der Waals surface area contributed by atoms with Crippen LogP contribution in [0.5, 0.6) is 11.5 Å². The molecular weight excluding hydrogens is 302 g/mol. The molecule has 4 nitrogen and oxygen atoms in total. The molecule has 1 fully saturated rings. The number of carbonyl (C=O) groups excluding carboxylic acids is 1. The molecule has 0 spiro atoms. The van der Waals surface area contributed by atoms with Crippen LogP contribution >= 0.6 is 0 Å². The third-order valence-electron chi connectivity index (χ3n) is 3.07. The van der Waals surface area contributed by atoms with Crippen molar-refractivity contribution < 1.29 is 49.9 Å². The average Bonchev–Trinajstić information content (AvgIpc) is 2.85. The molecule has 3 atom stereocenters. The van der Waals surface area contributed by atoms with Crippen molar-refractivity contribution in [1.29, 1.82) is 0 Å². The fourth-order valence-electron chi connectivity index (χ4n) is 1.97. The molecule has 0 aliphatic carbocycles. The number of carbonyl (C=O) groups is 1. The molecule has 2 aliphatic rings. The highest BCUT2D eigenvalue weighted by Crippen LogP contribution is 2.42. The average molecular weight is 358 g/mol. The maximum atomic E-state index is 14.2. The molecule has 24 heavy (non-hydrogen) atoms. The summed E-state index contributed by atoms with van der Waals surface area (Å²) in [5.74, 6) is -15.1. The zero-order valence-electron chi connectivity index (χ0n) is 38.2. The van der Waals surface area contributed by atoms with Gasteiger partial charge < -0.3 is 9.47 Å². The molecule has 0 bridgehead atoms. The first kappa shape index (κ1) is 4.06. The van der Waals surface area contributed by atoms with Gasteiger partial charge in [0.15, 0.2) is 11.5 Å². The van der Waals surface area contributed by atoms with Crippen molar-refractivity contribution in [3.8, 4) is 11.5 Å². The minimum atomic E-state index is -4.79. The van der Waals surface area contributed by atoms with Crippen molar-refractivity contribution in [3.05, 3.63) is 23.2 Å². The Kier molecular flexibility index (Phi) is 1.21. The summed E-state index contributed by atoms with van der Waals surface area (Å²) in [6, 6.07) is -7.71. The maximum Gasteiger partial charge on any atom is 0.161 e. The minimum absolute atomic E-state index is 0.322. The van der Waals surface area contributed by atoms with Gasteiger partial charge in [0.05, 0.1) is 26.4 Å². The van der Waals surface area contributed by atoms with Gasteiger partial charge in [0.2, 0.25) is 0 Å². The van der Waals surface area contributed by atoms with Crippen molar-refractivity contribution in [3.63, 3.8) is 0 Å². The fraction of sp³-hybridized carbons (Fsp3) is 0.650. The lowest BCUT2D eigenvalue weighted by molar-refractivity contribution is -0.129. The van der Waals surface area contributed by atoms with Gasteiger partial charge in [0, 0.05) is 54.6 Å². The van der Waals surface area contributed by atoms with Crippen LogP contribution in [0.15, 0.2) is 12.1 Å². The van der Waals surface area contributed by atoms with Crippen molar-refractivity contribution >= 4 is 5.78 Å². The Morgan fingerprint density at radius 2 is 2.33 bits per heavy atom. The van der Waals surface area contributed by atoms with E-state index in [1.807, 2.05) is 0 Å². The molecular formula is C20H29NO3. The fourth-order valence-corrected chi connectivity index (χ4v) is 1.97. The molecule has 0 radical (unpaired) electrons. The van der Waals surface area contributed by atoms with E-state index >= 15 is 0 Å². The Labute approximate surface area is 181 Å². The van der Waals surface area contributed by atoms with Gasteiger partial charge in [0.1, 0.15) is 5.78 Å². The quantitative estimate of drug-likeness (QED) is 0.807. The van der Waals surface area contributed by atoms with E-state index in [9.17, 15) is 6.17 Å². The first-order valence-corrected chi connectivity index (χ1v) is 6.44. The van der Waals surface area contributed by atoms with Gasteiger partial charge in [-0.25, -0.2) is 0 Å². The second-order valence-electron chi connectivity index (χ2n) is 4.47. The molecule has 0 amide bonds. The molecule has 132 valence electrons. The molecule has 1 aromatic rings. The Balaban J connectivity index is 2.72. The Hall–Kier alpha value is -1.55. The molecule has 3 unspecified atom stereocenters. The zero-order valence-corrected chi connectivity index (χ0v) is 12.2. The van der Waals surface area contributed by atoms with Crippen LogP contribution in [0.4, 0.5) is 0 Å².